The van der Waals surface area contributed by atoms with E-state index in [0.29, 0.717) is 0 Å². The molecular weight excluding hydrogens is 309 g/mol. The maximum absolute atomic E-state index is 12.7. The number of halogens is 3. The maximum Gasteiger partial charge on any atom is 0.433 e. The zero-order valence-corrected chi connectivity index (χ0v) is 11.0. The van der Waals surface area contributed by atoms with Crippen LogP contribution in [-0.2, 0) is 6.18 Å². The lowest BCUT2D eigenvalue weighted by Gasteiger charge is -2.09. The van der Waals surface area contributed by atoms with Crippen molar-refractivity contribution in [3.05, 3.63) is 17.8 Å². The van der Waals surface area contributed by atoms with Crippen molar-refractivity contribution < 1.29 is 13.2 Å². The van der Waals surface area contributed by atoms with Crippen LogP contribution in [0.1, 0.15) is 5.69 Å². The summed E-state index contributed by atoms with van der Waals surface area (Å²) in [5.74, 6) is 4.84. The van der Waals surface area contributed by atoms with Crippen molar-refractivity contribution in [2.45, 2.75) is 16.4 Å². The molecule has 0 amide bonds. The highest BCUT2D eigenvalue weighted by Crippen LogP contribution is 2.32. The summed E-state index contributed by atoms with van der Waals surface area (Å²) in [4.78, 5) is 14.7. The second-order valence-electron chi connectivity index (χ2n) is 3.66. The van der Waals surface area contributed by atoms with Crippen molar-refractivity contribution in [3.63, 3.8) is 0 Å². The third kappa shape index (κ3) is 3.82. The van der Waals surface area contributed by atoms with E-state index in [0.717, 1.165) is 17.8 Å². The van der Waals surface area contributed by atoms with E-state index in [4.69, 9.17) is 17.3 Å². The minimum atomic E-state index is -4.64. The summed E-state index contributed by atoms with van der Waals surface area (Å²) in [5, 5.41) is -0.00225. The summed E-state index contributed by atoms with van der Waals surface area (Å²) in [6, 6.07) is 2.06. The van der Waals surface area contributed by atoms with Crippen molar-refractivity contribution in [2.75, 3.05) is 16.9 Å². The summed E-state index contributed by atoms with van der Waals surface area (Å²) in [6.07, 6.45) is -4.64. The number of hydrogen-bond acceptors (Lipinski definition) is 9. The number of nitrogen functional groups attached to an aromatic ring is 3. The summed E-state index contributed by atoms with van der Waals surface area (Å²) in [7, 11) is 0. The second kappa shape index (κ2) is 5.57. The molecule has 2 rings (SSSR count). The lowest BCUT2D eigenvalue weighted by atomic mass is 10.4. The topological polar surface area (TPSA) is 142 Å². The molecule has 0 atom stereocenters. The monoisotopic (exact) mass is 318 g/mol. The van der Waals surface area contributed by atoms with Gasteiger partial charge in [0.05, 0.1) is 0 Å². The molecule has 7 N–H and O–H groups in total. The van der Waals surface area contributed by atoms with Gasteiger partial charge in [-0.3, -0.25) is 5.43 Å². The molecule has 0 fully saturated rings. The molecule has 2 aromatic heterocycles. The van der Waals surface area contributed by atoms with Gasteiger partial charge in [0.1, 0.15) is 16.7 Å². The van der Waals surface area contributed by atoms with Gasteiger partial charge in [-0.15, -0.1) is 0 Å². The molecule has 21 heavy (non-hydrogen) atoms. The van der Waals surface area contributed by atoms with Crippen molar-refractivity contribution in [1.82, 2.24) is 19.9 Å². The lowest BCUT2D eigenvalue weighted by molar-refractivity contribution is -0.141. The summed E-state index contributed by atoms with van der Waals surface area (Å²) in [6.45, 7) is 0. The van der Waals surface area contributed by atoms with E-state index in [1.165, 1.54) is 6.07 Å². The van der Waals surface area contributed by atoms with Crippen LogP contribution in [0.15, 0.2) is 22.3 Å². The molecular formula is C9H9F3N8S. The number of hydrogen-bond donors (Lipinski definition) is 4. The number of rotatable bonds is 3. The number of hydrazine groups is 1. The van der Waals surface area contributed by atoms with Crippen LogP contribution in [0.3, 0.4) is 0 Å². The Kier molecular flexibility index (Phi) is 3.99. The first kappa shape index (κ1) is 15.1. The molecule has 2 aromatic rings. The summed E-state index contributed by atoms with van der Waals surface area (Å²) in [5.41, 5.74) is 11.8. The fourth-order valence-electron chi connectivity index (χ4n) is 1.29. The number of aromatic nitrogens is 4. The van der Waals surface area contributed by atoms with Crippen LogP contribution >= 0.6 is 11.8 Å². The van der Waals surface area contributed by atoms with E-state index in [-0.39, 0.29) is 27.8 Å². The third-order valence-electron chi connectivity index (χ3n) is 2.06. The zero-order chi connectivity index (χ0) is 15.6. The highest BCUT2D eigenvalue weighted by Gasteiger charge is 2.33. The zero-order valence-electron chi connectivity index (χ0n) is 10.2. The molecule has 8 nitrogen and oxygen atoms in total. The molecule has 0 bridgehead atoms. The highest BCUT2D eigenvalue weighted by atomic mass is 32.2. The van der Waals surface area contributed by atoms with E-state index >= 15 is 0 Å². The van der Waals surface area contributed by atoms with Gasteiger partial charge in [-0.05, 0) is 11.8 Å². The Balaban J connectivity index is 2.39. The molecule has 12 heteroatoms. The van der Waals surface area contributed by atoms with Crippen LogP contribution in [0.4, 0.5) is 30.8 Å². The van der Waals surface area contributed by atoms with Gasteiger partial charge in [-0.2, -0.15) is 13.2 Å². The molecule has 0 aromatic carbocycles. The normalized spacial score (nSPS) is 11.4. The van der Waals surface area contributed by atoms with E-state index in [9.17, 15) is 13.2 Å². The van der Waals surface area contributed by atoms with Gasteiger partial charge < -0.3 is 11.5 Å². The molecule has 0 aliphatic carbocycles. The molecule has 0 aliphatic heterocycles. The average molecular weight is 318 g/mol. The van der Waals surface area contributed by atoms with Crippen molar-refractivity contribution in [1.29, 1.82) is 0 Å². The number of nitrogens with zero attached hydrogens (tertiary/aromatic N) is 4. The van der Waals surface area contributed by atoms with Crippen molar-refractivity contribution in [3.8, 4) is 0 Å². The van der Waals surface area contributed by atoms with Crippen LogP contribution in [0, 0.1) is 0 Å². The minimum absolute atomic E-state index is 0.0577. The molecule has 112 valence electrons. The SMILES string of the molecule is NNc1nc(Sc2nc(N)cc(N)n2)cc(C(F)(F)F)n1. The Hall–Kier alpha value is -2.34. The summed E-state index contributed by atoms with van der Waals surface area (Å²) >= 11 is 0.747. The largest absolute Gasteiger partial charge is 0.433 e. The smallest absolute Gasteiger partial charge is 0.383 e. The van der Waals surface area contributed by atoms with Gasteiger partial charge in [0.2, 0.25) is 5.95 Å². The third-order valence-corrected chi connectivity index (χ3v) is 2.85. The van der Waals surface area contributed by atoms with Crippen LogP contribution in [0.25, 0.3) is 0 Å². The molecule has 0 saturated carbocycles. The van der Waals surface area contributed by atoms with E-state index < -0.39 is 11.9 Å². The van der Waals surface area contributed by atoms with Gasteiger partial charge in [0.25, 0.3) is 0 Å². The van der Waals surface area contributed by atoms with E-state index in [1.807, 2.05) is 5.43 Å². The van der Waals surface area contributed by atoms with Gasteiger partial charge in [-0.25, -0.2) is 25.8 Å². The fraction of sp³-hybridized carbons (Fsp3) is 0.111. The molecule has 0 radical (unpaired) electrons. The van der Waals surface area contributed by atoms with Gasteiger partial charge >= 0.3 is 6.18 Å². The van der Waals surface area contributed by atoms with E-state index in [2.05, 4.69) is 19.9 Å². The Labute approximate surface area is 120 Å². The van der Waals surface area contributed by atoms with Gasteiger partial charge in [-0.1, -0.05) is 0 Å². The van der Waals surface area contributed by atoms with Crippen molar-refractivity contribution in [2.24, 2.45) is 5.84 Å². The maximum atomic E-state index is 12.7. The summed E-state index contributed by atoms with van der Waals surface area (Å²) < 4.78 is 38.1. The fourth-order valence-corrected chi connectivity index (χ4v) is 2.08. The molecule has 0 saturated heterocycles. The number of anilines is 3. The van der Waals surface area contributed by atoms with E-state index in [1.54, 1.807) is 0 Å². The average Bonchev–Trinajstić information content (AvgIpc) is 2.36. The van der Waals surface area contributed by atoms with Crippen LogP contribution < -0.4 is 22.7 Å². The molecule has 0 spiro atoms. The number of alkyl halides is 3. The standard InChI is InChI=1S/C9H9F3N8S/c10-9(11,12)3-1-6(19-7(16-3)20-15)21-8-17-4(13)2-5(14)18-8/h1-2H,15H2,(H,16,19,20)(H4,13,14,17,18). The first-order valence-corrected chi connectivity index (χ1v) is 6.10. The lowest BCUT2D eigenvalue weighted by Crippen LogP contribution is -2.15. The second-order valence-corrected chi connectivity index (χ2v) is 4.65. The predicted octanol–water partition coefficient (Wildman–Crippen LogP) is 0.887. The predicted molar refractivity (Wildman–Crippen MR) is 69.8 cm³/mol. The molecule has 0 unspecified atom stereocenters. The highest BCUT2D eigenvalue weighted by molar-refractivity contribution is 7.99. The number of nitrogens with two attached hydrogens (primary N) is 3. The quantitative estimate of drug-likeness (QED) is 0.281. The Morgan fingerprint density at radius 1 is 1.00 bits per heavy atom. The molecule has 0 aliphatic rings. The van der Waals surface area contributed by atoms with Crippen LogP contribution in [0.2, 0.25) is 0 Å². The van der Waals surface area contributed by atoms with Crippen molar-refractivity contribution >= 4 is 29.3 Å². The Morgan fingerprint density at radius 2 is 1.62 bits per heavy atom. The first-order chi connectivity index (χ1) is 9.77. The molecule has 2 heterocycles. The number of nitrogens with one attached hydrogen (secondary N) is 1. The Bertz CT molecular complexity index is 642. The Morgan fingerprint density at radius 3 is 2.14 bits per heavy atom. The van der Waals surface area contributed by atoms with Crippen LogP contribution in [-0.4, -0.2) is 19.9 Å². The van der Waals surface area contributed by atoms with Gasteiger partial charge in [0, 0.05) is 12.1 Å². The van der Waals surface area contributed by atoms with Gasteiger partial charge in [0.15, 0.2) is 10.9 Å². The minimum Gasteiger partial charge on any atom is -0.383 e. The first-order valence-electron chi connectivity index (χ1n) is 5.28. The van der Waals surface area contributed by atoms with Crippen LogP contribution in [0.5, 0.6) is 0 Å².